The third kappa shape index (κ3) is 4.93. The molecule has 0 amide bonds. The Morgan fingerprint density at radius 3 is 2.07 bits per heavy atom. The van der Waals surface area contributed by atoms with Gasteiger partial charge in [-0.1, -0.05) is 26.7 Å². The molecule has 0 heterocycles. The van der Waals surface area contributed by atoms with E-state index < -0.39 is 10.0 Å². The molecule has 0 bridgehead atoms. The van der Waals surface area contributed by atoms with E-state index in [0.29, 0.717) is 12.8 Å². The van der Waals surface area contributed by atoms with Gasteiger partial charge < -0.3 is 5.11 Å². The first-order valence-electron chi connectivity index (χ1n) is 5.17. The fourth-order valence-corrected chi connectivity index (χ4v) is 3.11. The summed E-state index contributed by atoms with van der Waals surface area (Å²) < 4.78 is 25.7. The Labute approximate surface area is 86.8 Å². The second kappa shape index (κ2) is 7.20. The molecule has 4 nitrogen and oxygen atoms in total. The summed E-state index contributed by atoms with van der Waals surface area (Å²) in [5, 5.41) is 8.24. The molecule has 0 rings (SSSR count). The molecule has 0 aromatic heterocycles. The molecule has 14 heavy (non-hydrogen) atoms. The van der Waals surface area contributed by atoms with Gasteiger partial charge in [-0.25, -0.2) is 13.1 Å². The second-order valence-corrected chi connectivity index (χ2v) is 5.41. The van der Waals surface area contributed by atoms with Crippen molar-refractivity contribution in [3.05, 3.63) is 0 Å². The van der Waals surface area contributed by atoms with Crippen molar-refractivity contribution in [2.24, 2.45) is 0 Å². The third-order valence-corrected chi connectivity index (χ3v) is 4.03. The van der Waals surface area contributed by atoms with Crippen LogP contribution in [0.1, 0.15) is 39.5 Å². The molecule has 0 saturated carbocycles. The van der Waals surface area contributed by atoms with E-state index in [4.69, 9.17) is 5.11 Å². The van der Waals surface area contributed by atoms with Gasteiger partial charge in [-0.3, -0.25) is 0 Å². The highest BCUT2D eigenvalue weighted by Crippen LogP contribution is 2.13. The molecule has 0 aliphatic carbocycles. The molecule has 0 saturated heterocycles. The SMILES string of the molecule is CCCC(CCC)S(=O)(=O)NCCO. The lowest BCUT2D eigenvalue weighted by atomic mass is 10.2. The zero-order valence-electron chi connectivity index (χ0n) is 8.99. The summed E-state index contributed by atoms with van der Waals surface area (Å²) in [5.74, 6) is 0. The van der Waals surface area contributed by atoms with Crippen LogP contribution in [-0.4, -0.2) is 31.9 Å². The number of hydrogen-bond donors (Lipinski definition) is 2. The lowest BCUT2D eigenvalue weighted by molar-refractivity contribution is 0.300. The monoisotopic (exact) mass is 223 g/mol. The van der Waals surface area contributed by atoms with E-state index in [2.05, 4.69) is 4.72 Å². The maximum absolute atomic E-state index is 11.6. The number of aliphatic hydroxyl groups is 1. The van der Waals surface area contributed by atoms with E-state index in [1.807, 2.05) is 13.8 Å². The summed E-state index contributed by atoms with van der Waals surface area (Å²) in [6, 6.07) is 0. The van der Waals surface area contributed by atoms with Crippen molar-refractivity contribution in [1.82, 2.24) is 4.72 Å². The molecule has 0 aliphatic heterocycles. The normalized spacial score (nSPS) is 12.3. The summed E-state index contributed by atoms with van der Waals surface area (Å²) in [6.07, 6.45) is 3.11. The van der Waals surface area contributed by atoms with Crippen LogP contribution in [0.2, 0.25) is 0 Å². The smallest absolute Gasteiger partial charge is 0.214 e. The van der Waals surface area contributed by atoms with Crippen LogP contribution < -0.4 is 4.72 Å². The van der Waals surface area contributed by atoms with E-state index >= 15 is 0 Å². The Bertz CT molecular complexity index is 220. The van der Waals surface area contributed by atoms with Crippen LogP contribution in [0.3, 0.4) is 0 Å². The first-order chi connectivity index (χ1) is 6.58. The molecule has 0 spiro atoms. The van der Waals surface area contributed by atoms with E-state index in [1.165, 1.54) is 0 Å². The van der Waals surface area contributed by atoms with Crippen LogP contribution in [-0.2, 0) is 10.0 Å². The van der Waals surface area contributed by atoms with Crippen molar-refractivity contribution in [2.45, 2.75) is 44.8 Å². The van der Waals surface area contributed by atoms with E-state index in [9.17, 15) is 8.42 Å². The molecule has 0 aliphatic rings. The van der Waals surface area contributed by atoms with Gasteiger partial charge in [0.15, 0.2) is 0 Å². The zero-order chi connectivity index (χ0) is 11.0. The van der Waals surface area contributed by atoms with E-state index in [1.54, 1.807) is 0 Å². The van der Waals surface area contributed by atoms with Crippen LogP contribution >= 0.6 is 0 Å². The minimum absolute atomic E-state index is 0.117. The fraction of sp³-hybridized carbons (Fsp3) is 1.00. The van der Waals surface area contributed by atoms with Gasteiger partial charge in [0.1, 0.15) is 0 Å². The molecule has 0 radical (unpaired) electrons. The number of rotatable bonds is 8. The van der Waals surface area contributed by atoms with Gasteiger partial charge in [-0.15, -0.1) is 0 Å². The van der Waals surface area contributed by atoms with Crippen molar-refractivity contribution in [3.63, 3.8) is 0 Å². The highest BCUT2D eigenvalue weighted by molar-refractivity contribution is 7.90. The first kappa shape index (κ1) is 13.9. The standard InChI is InChI=1S/C9H21NO3S/c1-3-5-9(6-4-2)14(12,13)10-7-8-11/h9-11H,3-8H2,1-2H3. The number of sulfonamides is 1. The Kier molecular flexibility index (Phi) is 7.13. The average Bonchev–Trinajstić information content (AvgIpc) is 2.14. The molecule has 0 aromatic rings. The first-order valence-corrected chi connectivity index (χ1v) is 6.72. The predicted molar refractivity (Wildman–Crippen MR) is 57.6 cm³/mol. The van der Waals surface area contributed by atoms with Crippen LogP contribution in [0.4, 0.5) is 0 Å². The maximum atomic E-state index is 11.6. The Balaban J connectivity index is 4.29. The Morgan fingerprint density at radius 2 is 1.71 bits per heavy atom. The zero-order valence-corrected chi connectivity index (χ0v) is 9.81. The molecule has 0 atom stereocenters. The molecule has 2 N–H and O–H groups in total. The van der Waals surface area contributed by atoms with Crippen molar-refractivity contribution in [3.8, 4) is 0 Å². The van der Waals surface area contributed by atoms with Crippen molar-refractivity contribution < 1.29 is 13.5 Å². The minimum atomic E-state index is -3.22. The molecule has 5 heteroatoms. The highest BCUT2D eigenvalue weighted by Gasteiger charge is 2.22. The van der Waals surface area contributed by atoms with Crippen LogP contribution in [0.5, 0.6) is 0 Å². The van der Waals surface area contributed by atoms with Gasteiger partial charge >= 0.3 is 0 Å². The Morgan fingerprint density at radius 1 is 1.21 bits per heavy atom. The predicted octanol–water partition coefficient (Wildman–Crippen LogP) is 0.867. The van der Waals surface area contributed by atoms with Crippen LogP contribution in [0.15, 0.2) is 0 Å². The Hall–Kier alpha value is -0.130. The van der Waals surface area contributed by atoms with Gasteiger partial charge in [0.05, 0.1) is 11.9 Å². The van der Waals surface area contributed by atoms with Crippen LogP contribution in [0, 0.1) is 0 Å². The number of aliphatic hydroxyl groups excluding tert-OH is 1. The van der Waals surface area contributed by atoms with E-state index in [0.717, 1.165) is 12.8 Å². The van der Waals surface area contributed by atoms with Crippen molar-refractivity contribution in [1.29, 1.82) is 0 Å². The van der Waals surface area contributed by atoms with Gasteiger partial charge in [0, 0.05) is 6.54 Å². The topological polar surface area (TPSA) is 66.4 Å². The summed E-state index contributed by atoms with van der Waals surface area (Å²) in [5.41, 5.74) is 0. The summed E-state index contributed by atoms with van der Waals surface area (Å²) in [4.78, 5) is 0. The summed E-state index contributed by atoms with van der Waals surface area (Å²) in [7, 11) is -3.22. The lowest BCUT2D eigenvalue weighted by Crippen LogP contribution is -2.35. The van der Waals surface area contributed by atoms with Gasteiger partial charge in [-0.2, -0.15) is 0 Å². The third-order valence-electron chi connectivity index (χ3n) is 2.08. The molecule has 86 valence electrons. The lowest BCUT2D eigenvalue weighted by Gasteiger charge is -2.16. The van der Waals surface area contributed by atoms with Gasteiger partial charge in [0.25, 0.3) is 0 Å². The second-order valence-electron chi connectivity index (χ2n) is 3.36. The van der Waals surface area contributed by atoms with E-state index in [-0.39, 0.29) is 18.4 Å². The summed E-state index contributed by atoms with van der Waals surface area (Å²) in [6.45, 7) is 3.92. The molecule has 0 aromatic carbocycles. The fourth-order valence-electron chi connectivity index (χ4n) is 1.40. The maximum Gasteiger partial charge on any atom is 0.214 e. The number of hydrogen-bond acceptors (Lipinski definition) is 3. The quantitative estimate of drug-likeness (QED) is 0.641. The van der Waals surface area contributed by atoms with Crippen molar-refractivity contribution in [2.75, 3.05) is 13.2 Å². The van der Waals surface area contributed by atoms with Gasteiger partial charge in [-0.05, 0) is 12.8 Å². The largest absolute Gasteiger partial charge is 0.395 e. The minimum Gasteiger partial charge on any atom is -0.395 e. The molecule has 0 fully saturated rings. The molecular formula is C9H21NO3S. The molecular weight excluding hydrogens is 202 g/mol. The molecule has 0 unspecified atom stereocenters. The van der Waals surface area contributed by atoms with Crippen molar-refractivity contribution >= 4 is 10.0 Å². The average molecular weight is 223 g/mol. The summed E-state index contributed by atoms with van der Waals surface area (Å²) >= 11 is 0. The van der Waals surface area contributed by atoms with Gasteiger partial charge in [0.2, 0.25) is 10.0 Å². The number of nitrogens with one attached hydrogen (secondary N) is 1. The van der Waals surface area contributed by atoms with Crippen LogP contribution in [0.25, 0.3) is 0 Å². The highest BCUT2D eigenvalue weighted by atomic mass is 32.2.